The van der Waals surface area contributed by atoms with Gasteiger partial charge in [-0.3, -0.25) is 0 Å². The second kappa shape index (κ2) is 22.5. The van der Waals surface area contributed by atoms with Crippen molar-refractivity contribution < 1.29 is 87.8 Å². The van der Waals surface area contributed by atoms with E-state index in [0.29, 0.717) is 6.08 Å². The standard InChI is InChI=1S/C68H26F20N4/c69-45-40(46(70)52(76)57(81)51(45)75)30-25-35-37(27-15-7-2-8-16-27)33-22-21-31(89-33)36(26-13-5-1-6-14-26)32-23-24-34(90-32)38(28-17-9-3-10-18-28)66-41(43-47(71)53(77)58(82)54(78)48(43)72)42(44-49(73)55(79)59(83)56(80)50(44)74)67(39(65(30)91-35)29-19-11-4-12-20-29)92(66)68-63(87)61(85)60(84)62(86)64(68)88/h1-25,89H. The summed E-state index contributed by atoms with van der Waals surface area (Å²) in [5, 5.41) is 0. The van der Waals surface area contributed by atoms with Crippen molar-refractivity contribution in [1.82, 2.24) is 19.5 Å². The first-order valence-electron chi connectivity index (χ1n) is 26.6. The van der Waals surface area contributed by atoms with E-state index in [1.807, 2.05) is 0 Å². The fourth-order valence-electron chi connectivity index (χ4n) is 11.4. The zero-order valence-electron chi connectivity index (χ0n) is 45.3. The smallest absolute Gasteiger partial charge is 0.200 e. The molecule has 8 bridgehead atoms. The van der Waals surface area contributed by atoms with Gasteiger partial charge in [-0.15, -0.1) is 0 Å². The molecule has 4 nitrogen and oxygen atoms in total. The number of nitrogens with one attached hydrogen (secondary N) is 1. The van der Waals surface area contributed by atoms with Crippen molar-refractivity contribution in [2.24, 2.45) is 0 Å². The molecule has 0 amide bonds. The topological polar surface area (TPSA) is 46.5 Å². The normalized spacial score (nSPS) is 12.2. The van der Waals surface area contributed by atoms with E-state index in [1.165, 1.54) is 72.8 Å². The molecule has 2 aliphatic rings. The maximum atomic E-state index is 17.9. The molecule has 0 radical (unpaired) electrons. The van der Waals surface area contributed by atoms with Crippen LogP contribution in [0.2, 0.25) is 0 Å². The van der Waals surface area contributed by atoms with Gasteiger partial charge in [-0.25, -0.2) is 97.8 Å². The van der Waals surface area contributed by atoms with E-state index in [4.69, 9.17) is 4.98 Å². The van der Waals surface area contributed by atoms with Crippen LogP contribution in [0.5, 0.6) is 0 Å². The molecule has 0 saturated heterocycles. The van der Waals surface area contributed by atoms with E-state index in [0.717, 1.165) is 54.6 Å². The highest BCUT2D eigenvalue weighted by molar-refractivity contribution is 6.16. The molecule has 0 spiro atoms. The molecule has 11 aromatic rings. The van der Waals surface area contributed by atoms with E-state index >= 15 is 87.8 Å². The molecule has 5 heterocycles. The number of benzene rings is 8. The van der Waals surface area contributed by atoms with Gasteiger partial charge in [0.1, 0.15) is 5.69 Å². The van der Waals surface area contributed by atoms with Gasteiger partial charge in [-0.2, -0.15) is 0 Å². The summed E-state index contributed by atoms with van der Waals surface area (Å²) in [4.78, 5) is 12.7. The van der Waals surface area contributed by atoms with Gasteiger partial charge >= 0.3 is 0 Å². The minimum atomic E-state index is -3.08. The average Bonchev–Trinajstić information content (AvgIpc) is 1.55. The number of rotatable bonds is 8. The van der Waals surface area contributed by atoms with Crippen molar-refractivity contribution in [3.05, 3.63) is 278 Å². The maximum absolute atomic E-state index is 17.9. The lowest BCUT2D eigenvalue weighted by Gasteiger charge is -2.18. The summed E-state index contributed by atoms with van der Waals surface area (Å²) in [5.41, 5.74) is -25.9. The second-order valence-electron chi connectivity index (χ2n) is 20.4. The highest BCUT2D eigenvalue weighted by atomic mass is 19.2. The van der Waals surface area contributed by atoms with E-state index in [9.17, 15) is 0 Å². The molecule has 92 heavy (non-hydrogen) atoms. The van der Waals surface area contributed by atoms with Gasteiger partial charge in [0.15, 0.2) is 93.1 Å². The van der Waals surface area contributed by atoms with Crippen LogP contribution < -0.4 is 0 Å². The monoisotopic (exact) mass is 1280 g/mol. The van der Waals surface area contributed by atoms with Crippen molar-refractivity contribution in [3.63, 3.8) is 0 Å². The Labute approximate surface area is 502 Å². The molecular formula is C68H26F20N4. The zero-order chi connectivity index (χ0) is 65.2. The minimum Gasteiger partial charge on any atom is -0.354 e. The zero-order valence-corrected chi connectivity index (χ0v) is 45.3. The van der Waals surface area contributed by atoms with Gasteiger partial charge < -0.3 is 9.55 Å². The second-order valence-corrected chi connectivity index (χ2v) is 20.4. The fourth-order valence-corrected chi connectivity index (χ4v) is 11.4. The van der Waals surface area contributed by atoms with Crippen LogP contribution in [-0.4, -0.2) is 19.5 Å². The van der Waals surface area contributed by atoms with Crippen LogP contribution in [0.3, 0.4) is 0 Å². The summed E-state index contributed by atoms with van der Waals surface area (Å²) in [7, 11) is 0. The summed E-state index contributed by atoms with van der Waals surface area (Å²) >= 11 is 0. The van der Waals surface area contributed by atoms with Crippen molar-refractivity contribution in [1.29, 1.82) is 0 Å². The van der Waals surface area contributed by atoms with E-state index < -0.39 is 206 Å². The largest absolute Gasteiger partial charge is 0.354 e. The quantitative estimate of drug-likeness (QED) is 0.0936. The van der Waals surface area contributed by atoms with Gasteiger partial charge in [0.25, 0.3) is 0 Å². The van der Waals surface area contributed by atoms with Gasteiger partial charge in [0.2, 0.25) is 23.3 Å². The van der Waals surface area contributed by atoms with Crippen molar-refractivity contribution in [3.8, 4) is 72.4 Å². The van der Waals surface area contributed by atoms with Gasteiger partial charge in [-0.05, 0) is 52.6 Å². The average molecular weight is 1280 g/mol. The third-order valence-corrected chi connectivity index (χ3v) is 15.3. The van der Waals surface area contributed by atoms with E-state index in [-0.39, 0.29) is 43.5 Å². The highest BCUT2D eigenvalue weighted by Gasteiger charge is 2.42. The molecule has 1 N–H and O–H groups in total. The molecule has 3 aromatic heterocycles. The molecule has 0 aliphatic carbocycles. The van der Waals surface area contributed by atoms with Crippen molar-refractivity contribution in [2.75, 3.05) is 0 Å². The van der Waals surface area contributed by atoms with Crippen LogP contribution in [0.15, 0.2) is 133 Å². The lowest BCUT2D eigenvalue weighted by molar-refractivity contribution is 0.376. The first kappa shape index (κ1) is 59.9. The van der Waals surface area contributed by atoms with Gasteiger partial charge in [0, 0.05) is 50.0 Å². The van der Waals surface area contributed by atoms with Crippen LogP contribution >= 0.6 is 0 Å². The number of hydrogen-bond donors (Lipinski definition) is 1. The Morgan fingerprint density at radius 3 is 0.924 bits per heavy atom. The van der Waals surface area contributed by atoms with Crippen molar-refractivity contribution >= 4 is 45.9 Å². The Morgan fingerprint density at radius 1 is 0.250 bits per heavy atom. The Morgan fingerprint density at radius 2 is 0.543 bits per heavy atom. The SMILES string of the molecule is Fc1c(F)c(F)c(C2=Cc3nc2c(-c2ccccc2)c2c(-c4c(F)c(F)c(F)c(F)c4F)c(-c4c(F)c(F)c(F)c(F)c4F)c(c(-c4ccccc4)c4nc(c(-c5ccccc5)c5ccc([nH]5)c3-c3ccccc3)C=C4)n2-c2c(F)c(F)c(F)c(F)c2F)c(F)c1F. The van der Waals surface area contributed by atoms with Gasteiger partial charge in [-0.1, -0.05) is 121 Å². The van der Waals surface area contributed by atoms with E-state index in [2.05, 4.69) is 9.97 Å². The molecule has 0 fully saturated rings. The van der Waals surface area contributed by atoms with Crippen LogP contribution in [-0.2, 0) is 0 Å². The summed E-state index contributed by atoms with van der Waals surface area (Å²) in [6.07, 6.45) is 2.83. The molecular weight excluding hydrogens is 1250 g/mol. The molecule has 8 aromatic carbocycles. The lowest BCUT2D eigenvalue weighted by atomic mass is 9.88. The Kier molecular flexibility index (Phi) is 14.6. The Bertz CT molecular complexity index is 5140. The van der Waals surface area contributed by atoms with Crippen LogP contribution in [0.1, 0.15) is 28.3 Å². The first-order chi connectivity index (χ1) is 44.0. The maximum Gasteiger partial charge on any atom is 0.200 e. The summed E-state index contributed by atoms with van der Waals surface area (Å²) in [6.45, 7) is 0. The Balaban J connectivity index is 1.53. The summed E-state index contributed by atoms with van der Waals surface area (Å²) in [5.74, 6) is -59.0. The van der Waals surface area contributed by atoms with Gasteiger partial charge in [0.05, 0.1) is 50.5 Å². The summed E-state index contributed by atoms with van der Waals surface area (Å²) < 4.78 is 333. The van der Waals surface area contributed by atoms with Crippen LogP contribution in [0.4, 0.5) is 87.8 Å². The number of aromatic amines is 1. The molecule has 13 rings (SSSR count). The number of nitrogens with zero attached hydrogens (tertiary/aromatic N) is 3. The number of H-pyrrole nitrogens is 1. The van der Waals surface area contributed by atoms with Crippen LogP contribution in [0, 0.1) is 116 Å². The number of fused-ring (bicyclic) bond motifs is 8. The van der Waals surface area contributed by atoms with Crippen molar-refractivity contribution in [2.45, 2.75) is 0 Å². The predicted molar refractivity (Wildman–Crippen MR) is 300 cm³/mol. The highest BCUT2D eigenvalue weighted by Crippen LogP contribution is 2.55. The summed E-state index contributed by atoms with van der Waals surface area (Å²) in [6, 6.07) is 28.3. The van der Waals surface area contributed by atoms with E-state index in [1.54, 1.807) is 18.2 Å². The third kappa shape index (κ3) is 9.00. The van der Waals surface area contributed by atoms with Crippen LogP contribution in [0.25, 0.3) is 118 Å². The molecule has 0 saturated carbocycles. The third-order valence-electron chi connectivity index (χ3n) is 15.3. The number of hydrogen-bond acceptors (Lipinski definition) is 2. The number of halogens is 20. The number of aromatic nitrogens is 4. The molecule has 0 unspecified atom stereocenters. The molecule has 0 atom stereocenters. The molecule has 24 heteroatoms. The Hall–Kier alpha value is -11.0. The lowest BCUT2D eigenvalue weighted by Crippen LogP contribution is -2.11. The molecule has 2 aliphatic heterocycles. The molecule has 458 valence electrons. The predicted octanol–water partition coefficient (Wildman–Crippen LogP) is 20.3. The first-order valence-corrected chi connectivity index (χ1v) is 26.6. The fraction of sp³-hybridized carbons (Fsp3) is 0. The minimum absolute atomic E-state index is 0.0490.